The number of thioether (sulfide) groups is 1. The number of nitrogens with zero attached hydrogens (tertiary/aromatic N) is 1. The van der Waals surface area contributed by atoms with Crippen molar-refractivity contribution in [3.8, 4) is 22.5 Å². The van der Waals surface area contributed by atoms with Crippen molar-refractivity contribution in [2.75, 3.05) is 12.4 Å². The average molecular weight is 594 g/mol. The molecule has 2 unspecified atom stereocenters. The average Bonchev–Trinajstić information content (AvgIpc) is 3.62. The van der Waals surface area contributed by atoms with E-state index in [0.717, 1.165) is 52.2 Å². The lowest BCUT2D eigenvalue weighted by molar-refractivity contribution is -0.115. The summed E-state index contributed by atoms with van der Waals surface area (Å²) in [4.78, 5) is 35.8. The van der Waals surface area contributed by atoms with Gasteiger partial charge in [-0.25, -0.2) is 9.78 Å². The van der Waals surface area contributed by atoms with Crippen LogP contribution in [0.4, 0.5) is 5.00 Å². The lowest BCUT2D eigenvalue weighted by Gasteiger charge is -2.22. The molecule has 1 amide bonds. The maximum Gasteiger partial charge on any atom is 0.341 e. The lowest BCUT2D eigenvalue weighted by atomic mass is 9.83. The van der Waals surface area contributed by atoms with E-state index in [-0.39, 0.29) is 5.91 Å². The van der Waals surface area contributed by atoms with Crippen LogP contribution in [0.25, 0.3) is 22.5 Å². The van der Waals surface area contributed by atoms with Crippen molar-refractivity contribution in [3.05, 3.63) is 113 Å². The van der Waals surface area contributed by atoms with Gasteiger partial charge in [0.2, 0.25) is 5.91 Å². The van der Waals surface area contributed by atoms with E-state index in [4.69, 9.17) is 9.72 Å². The zero-order chi connectivity index (χ0) is 29.1. The summed E-state index contributed by atoms with van der Waals surface area (Å²) in [7, 11) is 1.39. The van der Waals surface area contributed by atoms with E-state index in [9.17, 15) is 9.59 Å². The van der Waals surface area contributed by atoms with E-state index in [1.165, 1.54) is 35.8 Å². The van der Waals surface area contributed by atoms with Crippen molar-refractivity contribution in [1.29, 1.82) is 0 Å². The lowest BCUT2D eigenvalue weighted by Crippen LogP contribution is -2.23. The number of anilines is 1. The van der Waals surface area contributed by atoms with Gasteiger partial charge < -0.3 is 15.0 Å². The first-order valence-corrected chi connectivity index (χ1v) is 15.7. The summed E-state index contributed by atoms with van der Waals surface area (Å²) >= 11 is 2.85. The van der Waals surface area contributed by atoms with Crippen LogP contribution in [0.1, 0.15) is 45.6 Å². The fourth-order valence-corrected chi connectivity index (χ4v) is 7.59. The third-order valence-corrected chi connectivity index (χ3v) is 9.77. The summed E-state index contributed by atoms with van der Waals surface area (Å²) in [6.07, 6.45) is 2.56. The van der Waals surface area contributed by atoms with E-state index < -0.39 is 11.2 Å². The molecule has 6 nitrogen and oxygen atoms in total. The first kappa shape index (κ1) is 28.0. The minimum atomic E-state index is -0.468. The third kappa shape index (κ3) is 5.78. The first-order valence-electron chi connectivity index (χ1n) is 14.0. The highest BCUT2D eigenvalue weighted by molar-refractivity contribution is 8.00. The number of hydrogen-bond acceptors (Lipinski definition) is 6. The van der Waals surface area contributed by atoms with Gasteiger partial charge in [-0.3, -0.25) is 4.79 Å². The van der Waals surface area contributed by atoms with E-state index in [1.54, 1.807) is 0 Å². The predicted octanol–water partition coefficient (Wildman–Crippen LogP) is 7.98. The van der Waals surface area contributed by atoms with Gasteiger partial charge >= 0.3 is 5.97 Å². The van der Waals surface area contributed by atoms with E-state index in [2.05, 4.69) is 34.6 Å². The van der Waals surface area contributed by atoms with Crippen LogP contribution < -0.4 is 5.32 Å². The van der Waals surface area contributed by atoms with E-state index >= 15 is 0 Å². The molecule has 2 aromatic heterocycles. The highest BCUT2D eigenvalue weighted by atomic mass is 32.2. The largest absolute Gasteiger partial charge is 0.465 e. The molecule has 6 rings (SSSR count). The zero-order valence-electron chi connectivity index (χ0n) is 23.4. The second-order valence-electron chi connectivity index (χ2n) is 10.3. The number of methoxy groups -OCH3 is 1. The summed E-state index contributed by atoms with van der Waals surface area (Å²) < 4.78 is 5.15. The highest BCUT2D eigenvalue weighted by Crippen LogP contribution is 2.43. The maximum atomic E-state index is 13.5. The number of aromatic amines is 1. The standard InChI is InChI=1S/C34H31N3O3S2/c1-21(41-34-35-29(23-14-8-4-9-15-23)30(36-34)24-16-10-5-11-17-24)31(38)37-32-28(33(39)40-2)26-19-18-25(20-27(26)42-32)22-12-6-3-7-13-22/h3-17,21,25H,18-20H2,1-2H3,(H,35,36)(H,37,38). The SMILES string of the molecule is COC(=O)c1c(NC(=O)C(C)Sc2nc(-c3ccccc3)c(-c3ccccc3)[nH]2)sc2c1CCC(c1ccccc1)C2. The molecule has 0 saturated heterocycles. The number of H-pyrrole nitrogens is 1. The Morgan fingerprint density at radius 2 is 1.62 bits per heavy atom. The molecule has 0 fully saturated rings. The van der Waals surface area contributed by atoms with Crippen LogP contribution >= 0.6 is 23.1 Å². The van der Waals surface area contributed by atoms with Crippen molar-refractivity contribution in [2.24, 2.45) is 0 Å². The van der Waals surface area contributed by atoms with Gasteiger partial charge in [0.1, 0.15) is 5.00 Å². The molecule has 2 N–H and O–H groups in total. The summed E-state index contributed by atoms with van der Waals surface area (Å²) in [5.41, 5.74) is 6.55. The van der Waals surface area contributed by atoms with Crippen LogP contribution in [0.2, 0.25) is 0 Å². The monoisotopic (exact) mass is 593 g/mol. The number of carbonyl (C=O) groups is 2. The Balaban J connectivity index is 1.23. The zero-order valence-corrected chi connectivity index (χ0v) is 25.1. The summed E-state index contributed by atoms with van der Waals surface area (Å²) in [5, 5.41) is 3.81. The number of fused-ring (bicyclic) bond motifs is 1. The number of thiophene rings is 1. The topological polar surface area (TPSA) is 84.1 Å². The Bertz CT molecular complexity index is 1640. The molecule has 8 heteroatoms. The Morgan fingerprint density at radius 1 is 0.976 bits per heavy atom. The van der Waals surface area contributed by atoms with Gasteiger partial charge in [-0.1, -0.05) is 103 Å². The Labute approximate surface area is 253 Å². The molecule has 0 spiro atoms. The molecule has 2 atom stereocenters. The normalized spacial score (nSPS) is 15.0. The third-order valence-electron chi connectivity index (χ3n) is 7.61. The maximum absolute atomic E-state index is 13.5. The van der Waals surface area contributed by atoms with Crippen LogP contribution in [-0.4, -0.2) is 34.2 Å². The minimum Gasteiger partial charge on any atom is -0.465 e. The summed E-state index contributed by atoms with van der Waals surface area (Å²) in [5.74, 6) is -0.216. The molecule has 5 aromatic rings. The number of carbonyl (C=O) groups excluding carboxylic acids is 2. The fraction of sp³-hybridized carbons (Fsp3) is 0.206. The van der Waals surface area contributed by atoms with Crippen LogP contribution in [0.3, 0.4) is 0 Å². The summed E-state index contributed by atoms with van der Waals surface area (Å²) in [6.45, 7) is 1.85. The quantitative estimate of drug-likeness (QED) is 0.141. The smallest absolute Gasteiger partial charge is 0.341 e. The Kier molecular flexibility index (Phi) is 8.26. The number of imidazole rings is 1. The molecule has 0 saturated carbocycles. The number of amides is 1. The van der Waals surface area contributed by atoms with Crippen molar-refractivity contribution in [2.45, 2.75) is 42.5 Å². The second-order valence-corrected chi connectivity index (χ2v) is 12.7. The molecule has 2 heterocycles. The Morgan fingerprint density at radius 3 is 2.29 bits per heavy atom. The molecule has 0 radical (unpaired) electrons. The van der Waals surface area contributed by atoms with Crippen LogP contribution in [0.15, 0.2) is 96.2 Å². The first-order chi connectivity index (χ1) is 20.5. The second kappa shape index (κ2) is 12.4. The number of rotatable bonds is 8. The van der Waals surface area contributed by atoms with Gasteiger partial charge in [0.25, 0.3) is 0 Å². The molecule has 1 aliphatic carbocycles. The van der Waals surface area contributed by atoms with Crippen molar-refractivity contribution < 1.29 is 14.3 Å². The van der Waals surface area contributed by atoms with Crippen LogP contribution in [-0.2, 0) is 22.4 Å². The fourth-order valence-electron chi connectivity index (χ4n) is 5.46. The number of nitrogens with one attached hydrogen (secondary N) is 2. The van der Waals surface area contributed by atoms with Gasteiger partial charge in [-0.15, -0.1) is 11.3 Å². The molecule has 1 aliphatic rings. The number of benzene rings is 3. The van der Waals surface area contributed by atoms with E-state index in [0.29, 0.717) is 21.6 Å². The molecule has 3 aromatic carbocycles. The molecule has 212 valence electrons. The minimum absolute atomic E-state index is 0.192. The number of ether oxygens (including phenoxy) is 1. The van der Waals surface area contributed by atoms with Crippen LogP contribution in [0.5, 0.6) is 0 Å². The Hall–Kier alpha value is -4.14. The van der Waals surface area contributed by atoms with Crippen molar-refractivity contribution in [3.63, 3.8) is 0 Å². The van der Waals surface area contributed by atoms with Gasteiger partial charge in [0.15, 0.2) is 5.16 Å². The van der Waals surface area contributed by atoms with Crippen LogP contribution in [0, 0.1) is 0 Å². The number of aromatic nitrogens is 2. The molecule has 42 heavy (non-hydrogen) atoms. The number of esters is 1. The molecule has 0 bridgehead atoms. The molecular formula is C34H31N3O3S2. The van der Waals surface area contributed by atoms with Crippen molar-refractivity contribution >= 4 is 40.0 Å². The molecule has 0 aliphatic heterocycles. The predicted molar refractivity (Wildman–Crippen MR) is 170 cm³/mol. The summed E-state index contributed by atoms with van der Waals surface area (Å²) in [6, 6.07) is 30.5. The van der Waals surface area contributed by atoms with Gasteiger partial charge in [-0.05, 0) is 43.2 Å². The number of hydrogen-bond donors (Lipinski definition) is 2. The van der Waals surface area contributed by atoms with Crippen molar-refractivity contribution in [1.82, 2.24) is 9.97 Å². The van der Waals surface area contributed by atoms with Gasteiger partial charge in [0.05, 0.1) is 29.3 Å². The molecular weight excluding hydrogens is 563 g/mol. The van der Waals surface area contributed by atoms with Gasteiger partial charge in [0, 0.05) is 16.0 Å². The van der Waals surface area contributed by atoms with E-state index in [1.807, 2.05) is 73.7 Å². The van der Waals surface area contributed by atoms with Gasteiger partial charge in [-0.2, -0.15) is 0 Å². The highest BCUT2D eigenvalue weighted by Gasteiger charge is 2.31.